The summed E-state index contributed by atoms with van der Waals surface area (Å²) in [6.45, 7) is 6.35. The summed E-state index contributed by atoms with van der Waals surface area (Å²) >= 11 is 0. The van der Waals surface area contributed by atoms with E-state index in [1.165, 1.54) is 0 Å². The molecular weight excluding hydrogens is 160 g/mol. The van der Waals surface area contributed by atoms with Gasteiger partial charge in [0, 0.05) is 5.92 Å². The molecule has 1 aliphatic rings. The van der Waals surface area contributed by atoms with Crippen LogP contribution in [0.5, 0.6) is 0 Å². The molecule has 3 atom stereocenters. The normalized spacial score (nSPS) is 36.4. The Balaban J connectivity index is 2.85. The third-order valence-electron chi connectivity index (χ3n) is 3.39. The summed E-state index contributed by atoms with van der Waals surface area (Å²) in [5.74, 6) is 8.00. The highest BCUT2D eigenvalue weighted by Crippen LogP contribution is 2.51. The number of nitrogens with zero attached hydrogens (tertiary/aromatic N) is 1. The Morgan fingerprint density at radius 1 is 1.23 bits per heavy atom. The van der Waals surface area contributed by atoms with E-state index in [-0.39, 0.29) is 0 Å². The van der Waals surface area contributed by atoms with Gasteiger partial charge in [-0.05, 0) is 32.9 Å². The number of hydrogen-bond donors (Lipinski definition) is 1. The molecule has 0 aromatic rings. The maximum atomic E-state index is 6.29. The second kappa shape index (κ2) is 3.32. The number of rotatable bonds is 2. The van der Waals surface area contributed by atoms with Crippen molar-refractivity contribution in [2.75, 3.05) is 14.1 Å². The molecule has 0 aromatic heterocycles. The van der Waals surface area contributed by atoms with E-state index in [2.05, 4.69) is 25.7 Å². The summed E-state index contributed by atoms with van der Waals surface area (Å²) in [6, 6.07) is 0. The fraction of sp³-hybridized carbons (Fsp3) is 0.818. The highest BCUT2D eigenvalue weighted by atomic mass is 15.2. The Kier molecular flexibility index (Phi) is 2.70. The Morgan fingerprint density at radius 3 is 1.92 bits per heavy atom. The lowest BCUT2D eigenvalue weighted by atomic mass is 10.0. The van der Waals surface area contributed by atoms with Crippen molar-refractivity contribution in [2.45, 2.75) is 26.4 Å². The first-order chi connectivity index (χ1) is 5.95. The van der Waals surface area contributed by atoms with E-state index in [1.807, 2.05) is 25.9 Å². The maximum absolute atomic E-state index is 6.29. The monoisotopic (exact) mass is 180 g/mol. The van der Waals surface area contributed by atoms with Crippen LogP contribution in [0.1, 0.15) is 20.8 Å². The number of nitrogens with two attached hydrogens (primary N) is 1. The average molecular weight is 180 g/mol. The van der Waals surface area contributed by atoms with Gasteiger partial charge in [0.15, 0.2) is 0 Å². The summed E-state index contributed by atoms with van der Waals surface area (Å²) in [5.41, 5.74) is 5.87. The highest BCUT2D eigenvalue weighted by Gasteiger charge is 2.55. The lowest BCUT2D eigenvalue weighted by molar-refractivity contribution is 0.185. The minimum atomic E-state index is -0.423. The van der Waals surface area contributed by atoms with Crippen LogP contribution in [0.15, 0.2) is 0 Å². The van der Waals surface area contributed by atoms with Crippen LogP contribution in [0.3, 0.4) is 0 Å². The van der Waals surface area contributed by atoms with E-state index in [4.69, 9.17) is 5.73 Å². The molecule has 74 valence electrons. The summed E-state index contributed by atoms with van der Waals surface area (Å²) < 4.78 is 0. The van der Waals surface area contributed by atoms with Crippen molar-refractivity contribution in [1.82, 2.24) is 4.90 Å². The quantitative estimate of drug-likeness (QED) is 0.510. The van der Waals surface area contributed by atoms with Crippen LogP contribution in [0.25, 0.3) is 0 Å². The molecule has 1 saturated carbocycles. The van der Waals surface area contributed by atoms with Crippen molar-refractivity contribution in [3.8, 4) is 11.8 Å². The standard InChI is InChI=1S/C11H20N2/c1-6-7-11(12,13(4)5)10-8(2)9(10)3/h8-10H,12H2,1-5H3. The summed E-state index contributed by atoms with van der Waals surface area (Å²) in [5, 5.41) is 0. The van der Waals surface area contributed by atoms with Crippen molar-refractivity contribution in [3.05, 3.63) is 0 Å². The lowest BCUT2D eigenvalue weighted by Crippen LogP contribution is -2.54. The SMILES string of the molecule is CC#CC(N)(C1C(C)C1C)N(C)C. The zero-order valence-corrected chi connectivity index (χ0v) is 9.26. The van der Waals surface area contributed by atoms with Crippen LogP contribution in [0, 0.1) is 29.6 Å². The second-order valence-electron chi connectivity index (χ2n) is 4.34. The number of hydrogen-bond acceptors (Lipinski definition) is 2. The first kappa shape index (κ1) is 10.6. The van der Waals surface area contributed by atoms with Crippen molar-refractivity contribution >= 4 is 0 Å². The fourth-order valence-electron chi connectivity index (χ4n) is 2.16. The van der Waals surface area contributed by atoms with Crippen molar-refractivity contribution in [2.24, 2.45) is 23.5 Å². The van der Waals surface area contributed by atoms with Gasteiger partial charge in [-0.1, -0.05) is 19.8 Å². The van der Waals surface area contributed by atoms with Gasteiger partial charge < -0.3 is 5.73 Å². The average Bonchev–Trinajstić information content (AvgIpc) is 2.60. The zero-order chi connectivity index (χ0) is 10.2. The van der Waals surface area contributed by atoms with Crippen molar-refractivity contribution in [1.29, 1.82) is 0 Å². The molecule has 2 nitrogen and oxygen atoms in total. The topological polar surface area (TPSA) is 29.3 Å². The molecule has 3 unspecified atom stereocenters. The van der Waals surface area contributed by atoms with Crippen LogP contribution in [0.4, 0.5) is 0 Å². The van der Waals surface area contributed by atoms with Crippen molar-refractivity contribution < 1.29 is 0 Å². The van der Waals surface area contributed by atoms with Gasteiger partial charge in [-0.2, -0.15) is 0 Å². The zero-order valence-electron chi connectivity index (χ0n) is 9.26. The third-order valence-corrected chi connectivity index (χ3v) is 3.39. The van der Waals surface area contributed by atoms with E-state index in [0.29, 0.717) is 17.8 Å². The Bertz CT molecular complexity index is 241. The molecule has 0 heterocycles. The van der Waals surface area contributed by atoms with E-state index in [1.54, 1.807) is 0 Å². The summed E-state index contributed by atoms with van der Waals surface area (Å²) in [6.07, 6.45) is 0. The largest absolute Gasteiger partial charge is 0.303 e. The van der Waals surface area contributed by atoms with Crippen LogP contribution < -0.4 is 5.73 Å². The van der Waals surface area contributed by atoms with Gasteiger partial charge in [0.2, 0.25) is 0 Å². The maximum Gasteiger partial charge on any atom is 0.135 e. The van der Waals surface area contributed by atoms with Gasteiger partial charge in [-0.25, -0.2) is 0 Å². The van der Waals surface area contributed by atoms with Crippen molar-refractivity contribution in [3.63, 3.8) is 0 Å². The van der Waals surface area contributed by atoms with E-state index in [0.717, 1.165) is 0 Å². The molecule has 0 radical (unpaired) electrons. The molecule has 2 heteroatoms. The molecule has 0 aliphatic heterocycles. The first-order valence-electron chi connectivity index (χ1n) is 4.85. The van der Waals surface area contributed by atoms with Gasteiger partial charge in [0.25, 0.3) is 0 Å². The Hall–Kier alpha value is -0.520. The first-order valence-corrected chi connectivity index (χ1v) is 4.85. The van der Waals surface area contributed by atoms with Gasteiger partial charge >= 0.3 is 0 Å². The summed E-state index contributed by atoms with van der Waals surface area (Å²) in [4.78, 5) is 2.04. The molecule has 2 N–H and O–H groups in total. The molecule has 0 saturated heterocycles. The van der Waals surface area contributed by atoms with E-state index < -0.39 is 5.66 Å². The van der Waals surface area contributed by atoms with Crippen LogP contribution in [0.2, 0.25) is 0 Å². The predicted octanol–water partition coefficient (Wildman–Crippen LogP) is 1.13. The highest BCUT2D eigenvalue weighted by molar-refractivity contribution is 5.22. The minimum absolute atomic E-state index is 0.423. The van der Waals surface area contributed by atoms with Crippen LogP contribution in [-0.2, 0) is 0 Å². The molecular formula is C11H20N2. The Morgan fingerprint density at radius 2 is 1.69 bits per heavy atom. The predicted molar refractivity (Wildman–Crippen MR) is 55.9 cm³/mol. The van der Waals surface area contributed by atoms with Crippen LogP contribution >= 0.6 is 0 Å². The van der Waals surface area contributed by atoms with Gasteiger partial charge in [0.1, 0.15) is 5.66 Å². The van der Waals surface area contributed by atoms with Gasteiger partial charge in [-0.15, -0.1) is 5.92 Å². The minimum Gasteiger partial charge on any atom is -0.303 e. The lowest BCUT2D eigenvalue weighted by Gasteiger charge is -2.32. The second-order valence-corrected chi connectivity index (χ2v) is 4.34. The molecule has 0 aromatic carbocycles. The fourth-order valence-corrected chi connectivity index (χ4v) is 2.16. The molecule has 0 bridgehead atoms. The summed E-state index contributed by atoms with van der Waals surface area (Å²) in [7, 11) is 4.00. The van der Waals surface area contributed by atoms with E-state index >= 15 is 0 Å². The smallest absolute Gasteiger partial charge is 0.135 e. The Labute approximate surface area is 81.5 Å². The van der Waals surface area contributed by atoms with E-state index in [9.17, 15) is 0 Å². The molecule has 0 amide bonds. The molecule has 0 spiro atoms. The van der Waals surface area contributed by atoms with Gasteiger partial charge in [-0.3, -0.25) is 4.90 Å². The molecule has 1 rings (SSSR count). The van der Waals surface area contributed by atoms with Gasteiger partial charge in [0.05, 0.1) is 0 Å². The third kappa shape index (κ3) is 1.59. The molecule has 1 aliphatic carbocycles. The molecule has 13 heavy (non-hydrogen) atoms. The van der Waals surface area contributed by atoms with Crippen LogP contribution in [-0.4, -0.2) is 24.7 Å². The molecule has 1 fully saturated rings.